The van der Waals surface area contributed by atoms with Crippen LogP contribution < -0.4 is 0 Å². The average molecular weight is 183 g/mol. The molecule has 3 heteroatoms. The lowest BCUT2D eigenvalue weighted by atomic mass is 10.1. The van der Waals surface area contributed by atoms with Crippen LogP contribution in [-0.2, 0) is 9.53 Å². The zero-order valence-electron chi connectivity index (χ0n) is 8.32. The molecule has 3 atom stereocenters. The van der Waals surface area contributed by atoms with E-state index in [0.717, 1.165) is 19.3 Å². The fraction of sp³-hybridized carbons (Fsp3) is 0.900. The predicted octanol–water partition coefficient (Wildman–Crippen LogP) is 1.38. The van der Waals surface area contributed by atoms with E-state index in [0.29, 0.717) is 6.61 Å². The molecule has 0 aliphatic carbocycles. The number of carbonyl (C=O) groups excluding carboxylic acids is 1. The fourth-order valence-electron chi connectivity index (χ4n) is 2.25. The van der Waals surface area contributed by atoms with E-state index in [9.17, 15) is 4.79 Å². The first-order valence-electron chi connectivity index (χ1n) is 5.14. The van der Waals surface area contributed by atoms with Crippen LogP contribution in [0.25, 0.3) is 0 Å². The molecule has 2 aliphatic heterocycles. The van der Waals surface area contributed by atoms with E-state index in [2.05, 4.69) is 6.92 Å². The predicted molar refractivity (Wildman–Crippen MR) is 49.1 cm³/mol. The maximum absolute atomic E-state index is 11.9. The van der Waals surface area contributed by atoms with Crippen molar-refractivity contribution in [1.82, 2.24) is 4.90 Å². The second-order valence-electron chi connectivity index (χ2n) is 4.21. The Bertz CT molecular complexity index is 217. The van der Waals surface area contributed by atoms with Crippen molar-refractivity contribution < 1.29 is 9.53 Å². The van der Waals surface area contributed by atoms with Crippen LogP contribution in [0, 0.1) is 5.92 Å². The molecule has 0 saturated carbocycles. The Kier molecular flexibility index (Phi) is 2.28. The van der Waals surface area contributed by atoms with Gasteiger partial charge in [-0.15, -0.1) is 0 Å². The third kappa shape index (κ3) is 1.46. The lowest BCUT2D eigenvalue weighted by Crippen LogP contribution is -2.41. The van der Waals surface area contributed by atoms with E-state index < -0.39 is 0 Å². The van der Waals surface area contributed by atoms with Gasteiger partial charge in [-0.1, -0.05) is 6.92 Å². The van der Waals surface area contributed by atoms with Gasteiger partial charge in [0.05, 0.1) is 12.6 Å². The summed E-state index contributed by atoms with van der Waals surface area (Å²) in [5.74, 6) is 0.474. The largest absolute Gasteiger partial charge is 0.356 e. The van der Waals surface area contributed by atoms with Gasteiger partial charge < -0.3 is 9.64 Å². The van der Waals surface area contributed by atoms with Crippen LogP contribution in [0.2, 0.25) is 0 Å². The van der Waals surface area contributed by atoms with E-state index in [1.165, 1.54) is 0 Å². The summed E-state index contributed by atoms with van der Waals surface area (Å²) in [4.78, 5) is 13.8. The smallest absolute Gasteiger partial charge is 0.227 e. The monoisotopic (exact) mass is 183 g/mol. The minimum absolute atomic E-state index is 0.0763. The molecule has 13 heavy (non-hydrogen) atoms. The molecule has 0 N–H and O–H groups in total. The van der Waals surface area contributed by atoms with Gasteiger partial charge in [-0.3, -0.25) is 4.79 Å². The number of hydrogen-bond acceptors (Lipinski definition) is 2. The number of ether oxygens (including phenoxy) is 1. The Morgan fingerprint density at radius 3 is 2.92 bits per heavy atom. The van der Waals surface area contributed by atoms with E-state index >= 15 is 0 Å². The van der Waals surface area contributed by atoms with Gasteiger partial charge in [0.15, 0.2) is 0 Å². The third-order valence-electron chi connectivity index (χ3n) is 3.08. The van der Waals surface area contributed by atoms with Crippen molar-refractivity contribution in [2.45, 2.75) is 45.4 Å². The van der Waals surface area contributed by atoms with Crippen LogP contribution in [-0.4, -0.2) is 29.7 Å². The van der Waals surface area contributed by atoms with E-state index in [4.69, 9.17) is 4.74 Å². The van der Waals surface area contributed by atoms with Gasteiger partial charge in [0, 0.05) is 5.92 Å². The lowest BCUT2D eigenvalue weighted by molar-refractivity contribution is -0.140. The van der Waals surface area contributed by atoms with Crippen molar-refractivity contribution in [1.29, 1.82) is 0 Å². The summed E-state index contributed by atoms with van der Waals surface area (Å²) in [5.41, 5.74) is 0. The number of rotatable bonds is 0. The van der Waals surface area contributed by atoms with Gasteiger partial charge in [0.1, 0.15) is 6.23 Å². The van der Waals surface area contributed by atoms with Crippen LogP contribution in [0.15, 0.2) is 0 Å². The molecular formula is C10H17NO2. The molecule has 3 nitrogen and oxygen atoms in total. The number of fused-ring (bicyclic) bond motifs is 1. The van der Waals surface area contributed by atoms with E-state index in [-0.39, 0.29) is 24.1 Å². The second kappa shape index (κ2) is 3.29. The molecule has 74 valence electrons. The lowest BCUT2D eigenvalue weighted by Gasteiger charge is -2.25. The first-order valence-corrected chi connectivity index (χ1v) is 5.14. The minimum Gasteiger partial charge on any atom is -0.356 e. The van der Waals surface area contributed by atoms with Gasteiger partial charge in [-0.25, -0.2) is 0 Å². The summed E-state index contributed by atoms with van der Waals surface area (Å²) in [6, 6.07) is 0.276. The zero-order chi connectivity index (χ0) is 9.42. The Morgan fingerprint density at radius 1 is 1.38 bits per heavy atom. The quantitative estimate of drug-likeness (QED) is 0.568. The first-order chi connectivity index (χ1) is 6.20. The number of hydrogen-bond donors (Lipinski definition) is 0. The van der Waals surface area contributed by atoms with E-state index in [1.807, 2.05) is 11.8 Å². The highest BCUT2D eigenvalue weighted by molar-refractivity contribution is 5.79. The number of amides is 1. The Labute approximate surface area is 79.0 Å². The Hall–Kier alpha value is -0.570. The summed E-state index contributed by atoms with van der Waals surface area (Å²) < 4.78 is 5.57. The second-order valence-corrected chi connectivity index (χ2v) is 4.21. The Balaban J connectivity index is 2.18. The van der Waals surface area contributed by atoms with Crippen molar-refractivity contribution >= 4 is 5.91 Å². The summed E-state index contributed by atoms with van der Waals surface area (Å²) in [7, 11) is 0. The molecular weight excluding hydrogens is 166 g/mol. The summed E-state index contributed by atoms with van der Waals surface area (Å²) in [5, 5.41) is 0. The van der Waals surface area contributed by atoms with Crippen molar-refractivity contribution in [3.05, 3.63) is 0 Å². The molecule has 2 aliphatic rings. The van der Waals surface area contributed by atoms with Crippen molar-refractivity contribution in [2.24, 2.45) is 5.92 Å². The van der Waals surface area contributed by atoms with Crippen molar-refractivity contribution in [3.63, 3.8) is 0 Å². The summed E-state index contributed by atoms with van der Waals surface area (Å²) in [6.07, 6.45) is 3.22. The SMILES string of the molecule is C[C@@H]1CO[C@@H]2CCC[C@H](C)C(=O)N12. The number of nitrogens with zero attached hydrogens (tertiary/aromatic N) is 1. The van der Waals surface area contributed by atoms with Crippen LogP contribution in [0.1, 0.15) is 33.1 Å². The molecule has 2 heterocycles. The molecule has 0 unspecified atom stereocenters. The molecule has 2 saturated heterocycles. The highest BCUT2D eigenvalue weighted by Gasteiger charge is 2.38. The van der Waals surface area contributed by atoms with Crippen molar-refractivity contribution in [3.8, 4) is 0 Å². The first kappa shape index (κ1) is 9.00. The zero-order valence-corrected chi connectivity index (χ0v) is 8.32. The van der Waals surface area contributed by atoms with E-state index in [1.54, 1.807) is 0 Å². The van der Waals surface area contributed by atoms with Crippen LogP contribution in [0.3, 0.4) is 0 Å². The van der Waals surface area contributed by atoms with Gasteiger partial charge in [0.25, 0.3) is 0 Å². The maximum Gasteiger partial charge on any atom is 0.227 e. The highest BCUT2D eigenvalue weighted by Crippen LogP contribution is 2.28. The molecule has 1 amide bonds. The molecule has 0 spiro atoms. The standard InChI is InChI=1S/C10H17NO2/c1-7-4-3-5-9-11(10(7)12)8(2)6-13-9/h7-9H,3-6H2,1-2H3/t7-,8+,9+/m0/s1. The molecule has 0 aromatic carbocycles. The molecule has 2 fully saturated rings. The molecule has 2 rings (SSSR count). The third-order valence-corrected chi connectivity index (χ3v) is 3.08. The normalized spacial score (nSPS) is 40.3. The highest BCUT2D eigenvalue weighted by atomic mass is 16.5. The Morgan fingerprint density at radius 2 is 2.15 bits per heavy atom. The van der Waals surface area contributed by atoms with Gasteiger partial charge in [-0.05, 0) is 26.2 Å². The van der Waals surface area contributed by atoms with Gasteiger partial charge in [-0.2, -0.15) is 0 Å². The van der Waals surface area contributed by atoms with Crippen molar-refractivity contribution in [2.75, 3.05) is 6.61 Å². The van der Waals surface area contributed by atoms with Gasteiger partial charge >= 0.3 is 0 Å². The topological polar surface area (TPSA) is 29.5 Å². The van der Waals surface area contributed by atoms with Crippen LogP contribution >= 0.6 is 0 Å². The maximum atomic E-state index is 11.9. The minimum atomic E-state index is 0.0763. The van der Waals surface area contributed by atoms with Crippen LogP contribution in [0.5, 0.6) is 0 Å². The fourth-order valence-corrected chi connectivity index (χ4v) is 2.25. The molecule has 0 aromatic heterocycles. The average Bonchev–Trinajstić information content (AvgIpc) is 2.39. The number of carbonyl (C=O) groups is 1. The van der Waals surface area contributed by atoms with Gasteiger partial charge in [0.2, 0.25) is 5.91 Å². The molecule has 0 radical (unpaired) electrons. The molecule has 0 bridgehead atoms. The molecule has 0 aromatic rings. The summed E-state index contributed by atoms with van der Waals surface area (Å²) in [6.45, 7) is 4.80. The summed E-state index contributed by atoms with van der Waals surface area (Å²) >= 11 is 0. The van der Waals surface area contributed by atoms with Crippen LogP contribution in [0.4, 0.5) is 0 Å².